The SMILES string of the molecule is CNCC(=O)Nc1ccc(CNC(=O)C2CCc3c(O)c4c(c(O)c3C2)C(=O)c2cccc(OC)c2C4=O)cc1. The minimum atomic E-state index is -0.592. The molecule has 1 unspecified atom stereocenters. The van der Waals surface area contributed by atoms with E-state index in [0.717, 1.165) is 5.56 Å². The van der Waals surface area contributed by atoms with Gasteiger partial charge in [-0.2, -0.15) is 0 Å². The third-order valence-corrected chi connectivity index (χ3v) is 7.44. The first-order valence-corrected chi connectivity index (χ1v) is 12.9. The average Bonchev–Trinajstić information content (AvgIpc) is 2.96. The standard InChI is InChI=1S/C30H29N3O7/c1-31-14-22(34)33-17-9-6-15(7-10-17)13-32-30(39)16-8-11-18-20(12-16)28(37)24-25(26(18)35)29(38)23-19(27(24)36)4-3-5-21(23)40-2/h3-7,9-10,16,31,35,37H,8,11-14H2,1-2H3,(H,32,39)(H,33,34). The van der Waals surface area contributed by atoms with Crippen molar-refractivity contribution in [2.24, 2.45) is 5.92 Å². The summed E-state index contributed by atoms with van der Waals surface area (Å²) in [5.41, 5.74) is 1.82. The Morgan fingerprint density at radius 3 is 2.35 bits per heavy atom. The molecule has 0 fully saturated rings. The quantitative estimate of drug-likeness (QED) is 0.223. The molecular weight excluding hydrogens is 514 g/mol. The lowest BCUT2D eigenvalue weighted by molar-refractivity contribution is -0.125. The van der Waals surface area contributed by atoms with Crippen LogP contribution in [0, 0.1) is 5.92 Å². The van der Waals surface area contributed by atoms with E-state index in [4.69, 9.17) is 4.74 Å². The molecule has 0 aliphatic heterocycles. The number of amides is 2. The topological polar surface area (TPSA) is 154 Å². The highest BCUT2D eigenvalue weighted by atomic mass is 16.5. The Morgan fingerprint density at radius 1 is 0.950 bits per heavy atom. The number of hydrogen-bond donors (Lipinski definition) is 5. The number of rotatable bonds is 7. The van der Waals surface area contributed by atoms with Gasteiger partial charge in [0, 0.05) is 34.8 Å². The van der Waals surface area contributed by atoms with Gasteiger partial charge in [0.25, 0.3) is 0 Å². The van der Waals surface area contributed by atoms with Crippen molar-refractivity contribution in [1.29, 1.82) is 0 Å². The lowest BCUT2D eigenvalue weighted by Crippen LogP contribution is -2.34. The van der Waals surface area contributed by atoms with Crippen molar-refractivity contribution in [3.05, 3.63) is 81.4 Å². The highest BCUT2D eigenvalue weighted by molar-refractivity contribution is 6.31. The Morgan fingerprint density at radius 2 is 1.65 bits per heavy atom. The molecule has 0 heterocycles. The van der Waals surface area contributed by atoms with Gasteiger partial charge in [-0.1, -0.05) is 24.3 Å². The fraction of sp³-hybridized carbons (Fsp3) is 0.267. The molecule has 0 saturated heterocycles. The summed E-state index contributed by atoms with van der Waals surface area (Å²) in [6, 6.07) is 11.7. The summed E-state index contributed by atoms with van der Waals surface area (Å²) in [5, 5.41) is 30.7. The first kappa shape index (κ1) is 26.9. The Balaban J connectivity index is 1.33. The van der Waals surface area contributed by atoms with Crippen LogP contribution in [0.5, 0.6) is 17.2 Å². The highest BCUT2D eigenvalue weighted by Gasteiger charge is 2.41. The molecule has 5 N–H and O–H groups in total. The van der Waals surface area contributed by atoms with Crippen LogP contribution in [0.1, 0.15) is 55.0 Å². The van der Waals surface area contributed by atoms with Crippen molar-refractivity contribution in [3.8, 4) is 17.2 Å². The second-order valence-corrected chi connectivity index (χ2v) is 9.88. The van der Waals surface area contributed by atoms with Crippen LogP contribution in [0.3, 0.4) is 0 Å². The van der Waals surface area contributed by atoms with Crippen molar-refractivity contribution in [2.75, 3.05) is 26.0 Å². The molecule has 3 aromatic rings. The van der Waals surface area contributed by atoms with E-state index < -0.39 is 17.5 Å². The van der Waals surface area contributed by atoms with Crippen LogP contribution in [-0.4, -0.2) is 54.3 Å². The van der Waals surface area contributed by atoms with E-state index >= 15 is 0 Å². The van der Waals surface area contributed by atoms with Gasteiger partial charge in [-0.25, -0.2) is 0 Å². The lowest BCUT2D eigenvalue weighted by atomic mass is 9.75. The maximum atomic E-state index is 13.4. The van der Waals surface area contributed by atoms with E-state index in [1.165, 1.54) is 13.2 Å². The molecule has 5 rings (SSSR count). The van der Waals surface area contributed by atoms with E-state index in [2.05, 4.69) is 16.0 Å². The van der Waals surface area contributed by atoms with Gasteiger partial charge in [-0.3, -0.25) is 19.2 Å². The summed E-state index contributed by atoms with van der Waals surface area (Å²) in [7, 11) is 3.07. The Bertz CT molecular complexity index is 1550. The van der Waals surface area contributed by atoms with Crippen LogP contribution in [0.2, 0.25) is 0 Å². The van der Waals surface area contributed by atoms with E-state index in [1.807, 2.05) is 0 Å². The Hall–Kier alpha value is -4.70. The molecule has 2 amide bonds. The number of aromatic hydroxyl groups is 2. The van der Waals surface area contributed by atoms with E-state index in [9.17, 15) is 29.4 Å². The lowest BCUT2D eigenvalue weighted by Gasteiger charge is -2.29. The van der Waals surface area contributed by atoms with Gasteiger partial charge in [0.1, 0.15) is 17.2 Å². The molecule has 0 spiro atoms. The number of benzene rings is 3. The Labute approximate surface area is 230 Å². The van der Waals surface area contributed by atoms with E-state index in [-0.39, 0.29) is 77.2 Å². The molecule has 0 bridgehead atoms. The number of phenols is 2. The van der Waals surface area contributed by atoms with Gasteiger partial charge >= 0.3 is 0 Å². The van der Waals surface area contributed by atoms with Crippen LogP contribution >= 0.6 is 0 Å². The number of anilines is 1. The van der Waals surface area contributed by atoms with Crippen molar-refractivity contribution in [3.63, 3.8) is 0 Å². The molecule has 2 aliphatic carbocycles. The summed E-state index contributed by atoms with van der Waals surface area (Å²) < 4.78 is 5.27. The summed E-state index contributed by atoms with van der Waals surface area (Å²) in [6.07, 6.45) is 0.751. The smallest absolute Gasteiger partial charge is 0.238 e. The number of likely N-dealkylation sites (N-methyl/N-ethyl adjacent to an activating group) is 1. The zero-order valence-electron chi connectivity index (χ0n) is 22.1. The van der Waals surface area contributed by atoms with Crippen LogP contribution in [-0.2, 0) is 29.0 Å². The maximum absolute atomic E-state index is 13.4. The van der Waals surface area contributed by atoms with E-state index in [1.54, 1.807) is 43.4 Å². The highest BCUT2D eigenvalue weighted by Crippen LogP contribution is 2.47. The first-order chi connectivity index (χ1) is 19.2. The van der Waals surface area contributed by atoms with Gasteiger partial charge in [-0.15, -0.1) is 0 Å². The molecule has 206 valence electrons. The van der Waals surface area contributed by atoms with Gasteiger partial charge in [0.15, 0.2) is 5.78 Å². The van der Waals surface area contributed by atoms with Gasteiger partial charge < -0.3 is 30.9 Å². The number of ketones is 2. The fourth-order valence-electron chi connectivity index (χ4n) is 5.44. The van der Waals surface area contributed by atoms with Crippen molar-refractivity contribution < 1.29 is 34.1 Å². The predicted octanol–water partition coefficient (Wildman–Crippen LogP) is 2.46. The third kappa shape index (κ3) is 4.66. The van der Waals surface area contributed by atoms with Crippen LogP contribution in [0.15, 0.2) is 42.5 Å². The number of ether oxygens (including phenoxy) is 1. The monoisotopic (exact) mass is 543 g/mol. The molecule has 2 aliphatic rings. The normalized spacial score (nSPS) is 15.5. The van der Waals surface area contributed by atoms with Gasteiger partial charge in [0.2, 0.25) is 17.6 Å². The van der Waals surface area contributed by atoms with Crippen LogP contribution in [0.25, 0.3) is 0 Å². The van der Waals surface area contributed by atoms with Gasteiger partial charge in [0.05, 0.1) is 30.3 Å². The van der Waals surface area contributed by atoms with Crippen molar-refractivity contribution in [2.45, 2.75) is 25.8 Å². The largest absolute Gasteiger partial charge is 0.507 e. The van der Waals surface area contributed by atoms with Gasteiger partial charge in [-0.05, 0) is 50.1 Å². The summed E-state index contributed by atoms with van der Waals surface area (Å²) in [6.45, 7) is 0.463. The fourth-order valence-corrected chi connectivity index (χ4v) is 5.44. The molecule has 10 nitrogen and oxygen atoms in total. The van der Waals surface area contributed by atoms with Crippen molar-refractivity contribution in [1.82, 2.24) is 10.6 Å². The Kier molecular flexibility index (Phi) is 7.27. The van der Waals surface area contributed by atoms with Crippen molar-refractivity contribution >= 4 is 29.1 Å². The van der Waals surface area contributed by atoms with E-state index in [0.29, 0.717) is 23.2 Å². The predicted molar refractivity (Wildman–Crippen MR) is 146 cm³/mol. The molecular formula is C30H29N3O7. The molecule has 10 heteroatoms. The number of phenolic OH excluding ortho intramolecular Hbond substituents is 2. The molecule has 0 radical (unpaired) electrons. The molecule has 1 atom stereocenters. The second-order valence-electron chi connectivity index (χ2n) is 9.88. The summed E-state index contributed by atoms with van der Waals surface area (Å²) >= 11 is 0. The molecule has 3 aromatic carbocycles. The average molecular weight is 544 g/mol. The minimum Gasteiger partial charge on any atom is -0.507 e. The number of nitrogens with one attached hydrogen (secondary N) is 3. The van der Waals surface area contributed by atoms with Crippen LogP contribution in [0.4, 0.5) is 5.69 Å². The first-order valence-electron chi connectivity index (χ1n) is 12.9. The van der Waals surface area contributed by atoms with Crippen LogP contribution < -0.4 is 20.7 Å². The second kappa shape index (κ2) is 10.8. The molecule has 0 saturated carbocycles. The maximum Gasteiger partial charge on any atom is 0.238 e. The minimum absolute atomic E-state index is 0.0543. The number of carbonyl (C=O) groups is 4. The number of methoxy groups -OCH3 is 1. The molecule has 40 heavy (non-hydrogen) atoms. The zero-order valence-corrected chi connectivity index (χ0v) is 22.1. The zero-order chi connectivity index (χ0) is 28.6. The number of fused-ring (bicyclic) bond motifs is 3. The number of carbonyl (C=O) groups excluding carboxylic acids is 4. The molecule has 0 aromatic heterocycles. The summed E-state index contributed by atoms with van der Waals surface area (Å²) in [4.78, 5) is 51.5. The summed E-state index contributed by atoms with van der Waals surface area (Å²) in [5.74, 6) is -2.57. The number of hydrogen-bond acceptors (Lipinski definition) is 8. The third-order valence-electron chi connectivity index (χ3n) is 7.44.